The van der Waals surface area contributed by atoms with E-state index in [4.69, 9.17) is 11.6 Å². The molecule has 0 atom stereocenters. The van der Waals surface area contributed by atoms with Crippen LogP contribution in [0.5, 0.6) is 0 Å². The summed E-state index contributed by atoms with van der Waals surface area (Å²) in [6, 6.07) is 8.26. The van der Waals surface area contributed by atoms with E-state index in [2.05, 4.69) is 28.9 Å². The quantitative estimate of drug-likeness (QED) is 0.601. The number of likely N-dealkylation sites (tertiary alicyclic amines) is 1. The van der Waals surface area contributed by atoms with Crippen molar-refractivity contribution in [2.75, 3.05) is 32.7 Å². The minimum atomic E-state index is 0.824. The molecular formula is C19H31ClN2. The van der Waals surface area contributed by atoms with Gasteiger partial charge >= 0.3 is 0 Å². The Morgan fingerprint density at radius 3 is 2.41 bits per heavy atom. The van der Waals surface area contributed by atoms with E-state index < -0.39 is 0 Å². The van der Waals surface area contributed by atoms with Crippen molar-refractivity contribution in [3.8, 4) is 0 Å². The van der Waals surface area contributed by atoms with Gasteiger partial charge in [-0.15, -0.1) is 0 Å². The molecule has 1 saturated heterocycles. The van der Waals surface area contributed by atoms with Gasteiger partial charge in [-0.2, -0.15) is 0 Å². The first-order valence-electron chi connectivity index (χ1n) is 8.97. The highest BCUT2D eigenvalue weighted by molar-refractivity contribution is 6.30. The third-order valence-electron chi connectivity index (χ3n) is 4.66. The lowest BCUT2D eigenvalue weighted by Gasteiger charge is -2.26. The summed E-state index contributed by atoms with van der Waals surface area (Å²) < 4.78 is 0. The van der Waals surface area contributed by atoms with E-state index in [1.807, 2.05) is 12.1 Å². The molecule has 0 N–H and O–H groups in total. The molecule has 1 heterocycles. The first-order valence-corrected chi connectivity index (χ1v) is 9.35. The summed E-state index contributed by atoms with van der Waals surface area (Å²) in [4.78, 5) is 5.18. The van der Waals surface area contributed by atoms with E-state index in [0.29, 0.717) is 0 Å². The van der Waals surface area contributed by atoms with Crippen LogP contribution in [0.3, 0.4) is 0 Å². The van der Waals surface area contributed by atoms with Gasteiger partial charge in [0.15, 0.2) is 0 Å². The van der Waals surface area contributed by atoms with Gasteiger partial charge in [-0.25, -0.2) is 0 Å². The van der Waals surface area contributed by atoms with Crippen molar-refractivity contribution in [3.63, 3.8) is 0 Å². The number of benzene rings is 1. The van der Waals surface area contributed by atoms with Crippen LogP contribution in [0.15, 0.2) is 24.3 Å². The molecule has 1 aliphatic heterocycles. The molecule has 22 heavy (non-hydrogen) atoms. The van der Waals surface area contributed by atoms with Gasteiger partial charge in [0, 0.05) is 11.6 Å². The van der Waals surface area contributed by atoms with Crippen molar-refractivity contribution in [2.24, 2.45) is 0 Å². The van der Waals surface area contributed by atoms with Crippen molar-refractivity contribution in [1.82, 2.24) is 9.80 Å². The summed E-state index contributed by atoms with van der Waals surface area (Å²) >= 11 is 5.95. The average Bonchev–Trinajstić information content (AvgIpc) is 2.56. The van der Waals surface area contributed by atoms with Crippen molar-refractivity contribution in [1.29, 1.82) is 0 Å². The van der Waals surface area contributed by atoms with Gasteiger partial charge in [0.1, 0.15) is 0 Å². The van der Waals surface area contributed by atoms with Crippen LogP contribution in [-0.2, 0) is 6.54 Å². The fourth-order valence-corrected chi connectivity index (χ4v) is 3.35. The van der Waals surface area contributed by atoms with Crippen molar-refractivity contribution >= 4 is 11.6 Å². The summed E-state index contributed by atoms with van der Waals surface area (Å²) in [6.45, 7) is 9.59. The van der Waals surface area contributed by atoms with Crippen molar-refractivity contribution < 1.29 is 0 Å². The van der Waals surface area contributed by atoms with Gasteiger partial charge in [-0.05, 0) is 76.1 Å². The van der Waals surface area contributed by atoms with Gasteiger partial charge in [-0.3, -0.25) is 4.90 Å². The number of nitrogens with zero attached hydrogens (tertiary/aromatic N) is 2. The van der Waals surface area contributed by atoms with Gasteiger partial charge < -0.3 is 4.90 Å². The molecule has 0 aliphatic carbocycles. The largest absolute Gasteiger partial charge is 0.303 e. The van der Waals surface area contributed by atoms with Crippen LogP contribution in [0.4, 0.5) is 0 Å². The van der Waals surface area contributed by atoms with Gasteiger partial charge in [-0.1, -0.05) is 43.5 Å². The Morgan fingerprint density at radius 1 is 1.00 bits per heavy atom. The van der Waals surface area contributed by atoms with Crippen molar-refractivity contribution in [3.05, 3.63) is 34.9 Å². The smallest absolute Gasteiger partial charge is 0.0406 e. The second-order valence-electron chi connectivity index (χ2n) is 6.46. The highest BCUT2D eigenvalue weighted by Crippen LogP contribution is 2.13. The third-order valence-corrected chi connectivity index (χ3v) is 4.92. The van der Waals surface area contributed by atoms with Gasteiger partial charge in [0.05, 0.1) is 0 Å². The van der Waals surface area contributed by atoms with E-state index in [1.54, 1.807) is 0 Å². The summed E-state index contributed by atoms with van der Waals surface area (Å²) in [5.74, 6) is 0. The molecule has 2 nitrogen and oxygen atoms in total. The molecule has 1 fully saturated rings. The van der Waals surface area contributed by atoms with Crippen LogP contribution < -0.4 is 0 Å². The Labute approximate surface area is 141 Å². The number of hydrogen-bond acceptors (Lipinski definition) is 2. The van der Waals surface area contributed by atoms with E-state index in [0.717, 1.165) is 18.1 Å². The third kappa shape index (κ3) is 6.68. The Balaban J connectivity index is 1.58. The number of piperidine rings is 1. The van der Waals surface area contributed by atoms with Crippen molar-refractivity contribution in [2.45, 2.75) is 52.0 Å². The predicted molar refractivity (Wildman–Crippen MR) is 96.5 cm³/mol. The molecule has 0 aromatic heterocycles. The Bertz CT molecular complexity index is 398. The molecule has 0 amide bonds. The standard InChI is InChI=1S/C19H31ClN2/c1-2-21(17-18-9-11-19(20)12-10-18)13-5-3-6-14-22-15-7-4-8-16-22/h9-12H,2-8,13-17H2,1H3. The molecule has 0 saturated carbocycles. The lowest BCUT2D eigenvalue weighted by atomic mass is 10.1. The Morgan fingerprint density at radius 2 is 1.73 bits per heavy atom. The maximum Gasteiger partial charge on any atom is 0.0406 e. The van der Waals surface area contributed by atoms with Crippen LogP contribution in [0, 0.1) is 0 Å². The number of unbranched alkanes of at least 4 members (excludes halogenated alkanes) is 2. The molecule has 0 bridgehead atoms. The molecule has 1 aromatic carbocycles. The molecule has 1 aliphatic rings. The van der Waals surface area contributed by atoms with E-state index in [9.17, 15) is 0 Å². The van der Waals surface area contributed by atoms with Gasteiger partial charge in [0.2, 0.25) is 0 Å². The Kier molecular flexibility index (Phi) is 8.28. The maximum atomic E-state index is 5.95. The number of rotatable bonds is 9. The van der Waals surface area contributed by atoms with Crippen LogP contribution in [0.2, 0.25) is 5.02 Å². The summed E-state index contributed by atoms with van der Waals surface area (Å²) in [7, 11) is 0. The van der Waals surface area contributed by atoms with Crippen LogP contribution >= 0.6 is 11.6 Å². The first-order chi connectivity index (χ1) is 10.8. The minimum Gasteiger partial charge on any atom is -0.303 e. The average molecular weight is 323 g/mol. The summed E-state index contributed by atoms with van der Waals surface area (Å²) in [5, 5.41) is 0.824. The zero-order valence-electron chi connectivity index (χ0n) is 14.1. The zero-order chi connectivity index (χ0) is 15.6. The monoisotopic (exact) mass is 322 g/mol. The fraction of sp³-hybridized carbons (Fsp3) is 0.684. The SMILES string of the molecule is CCN(CCCCCN1CCCCC1)Cc1ccc(Cl)cc1. The molecule has 0 unspecified atom stereocenters. The highest BCUT2D eigenvalue weighted by Gasteiger charge is 2.09. The lowest BCUT2D eigenvalue weighted by Crippen LogP contribution is -2.30. The van der Waals surface area contributed by atoms with E-state index in [-0.39, 0.29) is 0 Å². The zero-order valence-corrected chi connectivity index (χ0v) is 14.8. The molecule has 124 valence electrons. The van der Waals surface area contributed by atoms with E-state index in [1.165, 1.54) is 70.3 Å². The molecule has 2 rings (SSSR count). The fourth-order valence-electron chi connectivity index (χ4n) is 3.23. The summed E-state index contributed by atoms with van der Waals surface area (Å²) in [6.07, 6.45) is 8.28. The predicted octanol–water partition coefficient (Wildman–Crippen LogP) is 4.82. The van der Waals surface area contributed by atoms with Crippen LogP contribution in [-0.4, -0.2) is 42.5 Å². The van der Waals surface area contributed by atoms with Gasteiger partial charge in [0.25, 0.3) is 0 Å². The normalized spacial score (nSPS) is 16.3. The van der Waals surface area contributed by atoms with Crippen LogP contribution in [0.25, 0.3) is 0 Å². The first kappa shape index (κ1) is 17.8. The second kappa shape index (κ2) is 10.3. The Hall–Kier alpha value is -0.570. The maximum absolute atomic E-state index is 5.95. The topological polar surface area (TPSA) is 6.48 Å². The number of hydrogen-bond donors (Lipinski definition) is 0. The van der Waals surface area contributed by atoms with Crippen LogP contribution in [0.1, 0.15) is 51.0 Å². The second-order valence-corrected chi connectivity index (χ2v) is 6.89. The highest BCUT2D eigenvalue weighted by atomic mass is 35.5. The molecule has 3 heteroatoms. The summed E-state index contributed by atoms with van der Waals surface area (Å²) in [5.41, 5.74) is 1.36. The number of halogens is 1. The minimum absolute atomic E-state index is 0.824. The van der Waals surface area contributed by atoms with E-state index >= 15 is 0 Å². The molecule has 0 radical (unpaired) electrons. The molecule has 0 spiro atoms. The molecule has 1 aromatic rings. The molecular weight excluding hydrogens is 292 g/mol. The lowest BCUT2D eigenvalue weighted by molar-refractivity contribution is 0.220.